The molecule has 1 aromatic carbocycles. The average Bonchev–Trinajstić information content (AvgIpc) is 2.49. The molecule has 2 aromatic rings. The van der Waals surface area contributed by atoms with Gasteiger partial charge in [-0.05, 0) is 25.1 Å². The van der Waals surface area contributed by atoms with E-state index in [-0.39, 0.29) is 5.95 Å². The van der Waals surface area contributed by atoms with Gasteiger partial charge in [0.15, 0.2) is 0 Å². The molecule has 1 aromatic heterocycles. The maximum absolute atomic E-state index is 13.8. The Labute approximate surface area is 106 Å². The number of ether oxygens (including phenoxy) is 1. The number of hydrogen-bond donors (Lipinski definition) is 0. The highest BCUT2D eigenvalue weighted by Gasteiger charge is 2.21. The number of rotatable bonds is 0. The van der Waals surface area contributed by atoms with Gasteiger partial charge < -0.3 is 4.74 Å². The van der Waals surface area contributed by atoms with Crippen molar-refractivity contribution in [3.63, 3.8) is 0 Å². The summed E-state index contributed by atoms with van der Waals surface area (Å²) >= 11 is 3.39. The third-order valence-electron chi connectivity index (χ3n) is 2.82. The first-order valence-electron chi connectivity index (χ1n) is 5.32. The van der Waals surface area contributed by atoms with Crippen molar-refractivity contribution in [1.82, 2.24) is 9.55 Å². The summed E-state index contributed by atoms with van der Waals surface area (Å²) in [4.78, 5) is 4.27. The van der Waals surface area contributed by atoms with E-state index in [0.717, 1.165) is 15.8 Å². The zero-order chi connectivity index (χ0) is 12.0. The quantitative estimate of drug-likeness (QED) is 0.747. The van der Waals surface area contributed by atoms with E-state index in [1.165, 1.54) is 0 Å². The summed E-state index contributed by atoms with van der Waals surface area (Å²) in [6.45, 7) is 2.60. The summed E-state index contributed by atoms with van der Waals surface area (Å²) in [5.74, 6) is 1.10. The Balaban J connectivity index is 2.27. The van der Waals surface area contributed by atoms with E-state index in [2.05, 4.69) is 20.9 Å². The molecule has 0 saturated carbocycles. The van der Waals surface area contributed by atoms with Crippen molar-refractivity contribution in [3.8, 4) is 17.1 Å². The van der Waals surface area contributed by atoms with Crippen LogP contribution in [0.25, 0.3) is 11.4 Å². The molecule has 0 saturated heterocycles. The molecule has 17 heavy (non-hydrogen) atoms. The highest BCUT2D eigenvalue weighted by atomic mass is 79.9. The Morgan fingerprint density at radius 1 is 1.47 bits per heavy atom. The lowest BCUT2D eigenvalue weighted by Gasteiger charge is -2.05. The molecule has 0 fully saturated rings. The first-order chi connectivity index (χ1) is 8.16. The molecule has 0 spiro atoms. The molecule has 2 heterocycles. The number of imidazole rings is 1. The molecule has 0 amide bonds. The van der Waals surface area contributed by atoms with Gasteiger partial charge >= 0.3 is 0 Å². The van der Waals surface area contributed by atoms with Gasteiger partial charge in [-0.15, -0.1) is 0 Å². The summed E-state index contributed by atoms with van der Waals surface area (Å²) in [7, 11) is 0. The second-order valence-corrected chi connectivity index (χ2v) is 4.87. The molecule has 3 rings (SSSR count). The van der Waals surface area contributed by atoms with Crippen LogP contribution in [0.1, 0.15) is 5.69 Å². The van der Waals surface area contributed by atoms with Gasteiger partial charge in [0.25, 0.3) is 0 Å². The van der Waals surface area contributed by atoms with Crippen molar-refractivity contribution < 1.29 is 9.13 Å². The summed E-state index contributed by atoms with van der Waals surface area (Å²) in [6.07, 6.45) is 0. The predicted molar refractivity (Wildman–Crippen MR) is 65.6 cm³/mol. The van der Waals surface area contributed by atoms with Crippen molar-refractivity contribution in [2.24, 2.45) is 0 Å². The van der Waals surface area contributed by atoms with Crippen molar-refractivity contribution in [1.29, 1.82) is 0 Å². The zero-order valence-electron chi connectivity index (χ0n) is 9.20. The van der Waals surface area contributed by atoms with Gasteiger partial charge in [-0.1, -0.05) is 15.9 Å². The maximum atomic E-state index is 13.8. The summed E-state index contributed by atoms with van der Waals surface area (Å²) in [6, 6.07) is 5.68. The third kappa shape index (κ3) is 1.65. The topological polar surface area (TPSA) is 27.1 Å². The van der Waals surface area contributed by atoms with Crippen LogP contribution in [-0.2, 0) is 6.54 Å². The van der Waals surface area contributed by atoms with E-state index in [4.69, 9.17) is 4.74 Å². The average molecular weight is 297 g/mol. The molecular formula is C12H10BrFN2O. The molecule has 0 aliphatic carbocycles. The fourth-order valence-corrected chi connectivity index (χ4v) is 2.35. The minimum atomic E-state index is -0.278. The molecule has 0 unspecified atom stereocenters. The minimum Gasteiger partial charge on any atom is -0.491 e. The number of nitrogens with zero attached hydrogens (tertiary/aromatic N) is 2. The number of fused-ring (bicyclic) bond motifs is 3. The van der Waals surface area contributed by atoms with Gasteiger partial charge in [-0.2, -0.15) is 4.39 Å². The zero-order valence-corrected chi connectivity index (χ0v) is 10.8. The van der Waals surface area contributed by atoms with E-state index in [1.54, 1.807) is 11.5 Å². The number of aromatic nitrogens is 2. The van der Waals surface area contributed by atoms with E-state index in [9.17, 15) is 4.39 Å². The third-order valence-corrected chi connectivity index (χ3v) is 3.32. The number of hydrogen-bond acceptors (Lipinski definition) is 2. The molecule has 0 bridgehead atoms. The molecular weight excluding hydrogens is 287 g/mol. The molecule has 0 N–H and O–H groups in total. The standard InChI is InChI=1S/C12H10BrFN2O/c1-7-11(14)16-4-5-17-10-6-8(13)2-3-9(10)12(16)15-7/h2-3,6H,4-5H2,1H3. The Morgan fingerprint density at radius 2 is 2.29 bits per heavy atom. The molecule has 88 valence electrons. The normalized spacial score (nSPS) is 13.6. The fraction of sp³-hybridized carbons (Fsp3) is 0.250. The summed E-state index contributed by atoms with van der Waals surface area (Å²) in [5, 5.41) is 0. The SMILES string of the molecule is Cc1nc2n(c1F)CCOc1cc(Br)ccc1-2. The lowest BCUT2D eigenvalue weighted by molar-refractivity contribution is 0.297. The van der Waals surface area contributed by atoms with E-state index < -0.39 is 0 Å². The molecule has 0 radical (unpaired) electrons. The highest BCUT2D eigenvalue weighted by Crippen LogP contribution is 2.34. The lowest BCUT2D eigenvalue weighted by Crippen LogP contribution is -2.07. The van der Waals surface area contributed by atoms with Crippen LogP contribution in [0.2, 0.25) is 0 Å². The number of aryl methyl sites for hydroxylation is 1. The molecule has 1 aliphatic rings. The Morgan fingerprint density at radius 3 is 3.12 bits per heavy atom. The smallest absolute Gasteiger partial charge is 0.216 e. The molecule has 1 aliphatic heterocycles. The van der Waals surface area contributed by atoms with Crippen molar-refractivity contribution in [2.75, 3.05) is 6.61 Å². The van der Waals surface area contributed by atoms with E-state index >= 15 is 0 Å². The van der Waals surface area contributed by atoms with Crippen LogP contribution < -0.4 is 4.74 Å². The van der Waals surface area contributed by atoms with E-state index in [0.29, 0.717) is 24.7 Å². The Hall–Kier alpha value is -1.36. The van der Waals surface area contributed by atoms with Crippen LogP contribution in [0.3, 0.4) is 0 Å². The van der Waals surface area contributed by atoms with Crippen LogP contribution in [0.4, 0.5) is 4.39 Å². The Bertz CT molecular complexity index is 594. The Kier molecular flexibility index (Phi) is 2.43. The summed E-state index contributed by atoms with van der Waals surface area (Å²) in [5.41, 5.74) is 1.26. The van der Waals surface area contributed by atoms with Gasteiger partial charge in [0.1, 0.15) is 18.2 Å². The van der Waals surface area contributed by atoms with Gasteiger partial charge in [0, 0.05) is 4.47 Å². The maximum Gasteiger partial charge on any atom is 0.216 e. The first-order valence-corrected chi connectivity index (χ1v) is 6.11. The second kappa shape index (κ2) is 3.84. The largest absolute Gasteiger partial charge is 0.491 e. The lowest BCUT2D eigenvalue weighted by atomic mass is 10.2. The second-order valence-electron chi connectivity index (χ2n) is 3.95. The van der Waals surface area contributed by atoms with Gasteiger partial charge in [0.05, 0.1) is 17.8 Å². The molecule has 5 heteroatoms. The van der Waals surface area contributed by atoms with Crippen LogP contribution in [0, 0.1) is 12.9 Å². The van der Waals surface area contributed by atoms with Crippen LogP contribution in [0.5, 0.6) is 5.75 Å². The van der Waals surface area contributed by atoms with Crippen LogP contribution in [-0.4, -0.2) is 16.2 Å². The predicted octanol–water partition coefficient (Wildman–Crippen LogP) is 3.15. The van der Waals surface area contributed by atoms with Crippen LogP contribution in [0.15, 0.2) is 22.7 Å². The van der Waals surface area contributed by atoms with Gasteiger partial charge in [-0.25, -0.2) is 4.98 Å². The van der Waals surface area contributed by atoms with Crippen molar-refractivity contribution in [3.05, 3.63) is 34.3 Å². The minimum absolute atomic E-state index is 0.278. The number of benzene rings is 1. The van der Waals surface area contributed by atoms with Crippen molar-refractivity contribution in [2.45, 2.75) is 13.5 Å². The first kappa shape index (κ1) is 10.8. The van der Waals surface area contributed by atoms with Gasteiger partial charge in [0.2, 0.25) is 5.95 Å². The fourth-order valence-electron chi connectivity index (χ4n) is 2.01. The van der Waals surface area contributed by atoms with Crippen LogP contribution >= 0.6 is 15.9 Å². The molecule has 3 nitrogen and oxygen atoms in total. The molecule has 0 atom stereocenters. The monoisotopic (exact) mass is 296 g/mol. The number of halogens is 2. The highest BCUT2D eigenvalue weighted by molar-refractivity contribution is 9.10. The van der Waals surface area contributed by atoms with E-state index in [1.807, 2.05) is 18.2 Å². The van der Waals surface area contributed by atoms with Crippen molar-refractivity contribution >= 4 is 15.9 Å². The summed E-state index contributed by atoms with van der Waals surface area (Å²) < 4.78 is 21.9. The van der Waals surface area contributed by atoms with Gasteiger partial charge in [-0.3, -0.25) is 4.57 Å².